The first-order valence-corrected chi connectivity index (χ1v) is 6.28. The summed E-state index contributed by atoms with van der Waals surface area (Å²) in [7, 11) is 0. The third-order valence-electron chi connectivity index (χ3n) is 2.41. The Labute approximate surface area is 104 Å². The molecule has 0 aliphatic heterocycles. The Bertz CT molecular complexity index is 645. The Morgan fingerprint density at radius 1 is 1.44 bits per heavy atom. The lowest BCUT2D eigenvalue weighted by Crippen LogP contribution is -1.91. The van der Waals surface area contributed by atoms with Crippen molar-refractivity contribution in [2.24, 2.45) is 0 Å². The lowest BCUT2D eigenvalue weighted by Gasteiger charge is -2.01. The molecule has 0 saturated heterocycles. The zero-order valence-corrected chi connectivity index (χ0v) is 10.5. The van der Waals surface area contributed by atoms with Gasteiger partial charge in [-0.2, -0.15) is 0 Å². The van der Waals surface area contributed by atoms with Crippen LogP contribution in [0.25, 0.3) is 21.2 Å². The molecule has 16 heavy (non-hydrogen) atoms. The maximum absolute atomic E-state index is 5.87. The first-order chi connectivity index (χ1) is 7.77. The number of pyridine rings is 1. The fraction of sp³-hybridized carbons (Fsp3) is 0. The number of nitrogen functional groups attached to an aromatic ring is 1. The van der Waals surface area contributed by atoms with Gasteiger partial charge in [-0.15, -0.1) is 11.3 Å². The summed E-state index contributed by atoms with van der Waals surface area (Å²) in [4.78, 5) is 4.21. The van der Waals surface area contributed by atoms with E-state index in [1.54, 1.807) is 30.1 Å². The van der Waals surface area contributed by atoms with Crippen LogP contribution in [0.2, 0.25) is 0 Å². The van der Waals surface area contributed by atoms with Crippen LogP contribution in [-0.4, -0.2) is 4.98 Å². The molecule has 5 heteroatoms. The molecule has 3 nitrogen and oxygen atoms in total. The third-order valence-corrected chi connectivity index (χ3v) is 4.35. The topological polar surface area (TPSA) is 52.0 Å². The van der Waals surface area contributed by atoms with E-state index < -0.39 is 0 Å². The molecule has 3 aromatic heterocycles. The number of nitrogens with zero attached hydrogens (tertiary/aromatic N) is 1. The van der Waals surface area contributed by atoms with Crippen LogP contribution in [0.15, 0.2) is 39.1 Å². The fourth-order valence-corrected chi connectivity index (χ4v) is 3.44. The highest BCUT2D eigenvalue weighted by Crippen LogP contribution is 2.39. The average Bonchev–Trinajstić information content (AvgIpc) is 2.89. The maximum Gasteiger partial charge on any atom is 0.133 e. The second-order valence-corrected chi connectivity index (χ2v) is 5.09. The van der Waals surface area contributed by atoms with Crippen molar-refractivity contribution in [3.8, 4) is 11.1 Å². The number of hydrogen-bond acceptors (Lipinski definition) is 4. The number of halogens is 1. The zero-order valence-electron chi connectivity index (χ0n) is 8.11. The van der Waals surface area contributed by atoms with Crippen LogP contribution in [0.1, 0.15) is 0 Å². The largest absolute Gasteiger partial charge is 0.472 e. The quantitative estimate of drug-likeness (QED) is 0.740. The van der Waals surface area contributed by atoms with E-state index in [0.29, 0.717) is 5.82 Å². The van der Waals surface area contributed by atoms with E-state index in [2.05, 4.69) is 20.9 Å². The summed E-state index contributed by atoms with van der Waals surface area (Å²) in [6, 6.07) is 1.92. The molecule has 0 aliphatic carbocycles. The molecule has 0 bridgehead atoms. The summed E-state index contributed by atoms with van der Waals surface area (Å²) in [5.74, 6) is 0.551. The van der Waals surface area contributed by atoms with Crippen molar-refractivity contribution in [1.29, 1.82) is 0 Å². The zero-order chi connectivity index (χ0) is 11.1. The summed E-state index contributed by atoms with van der Waals surface area (Å²) in [5, 5.41) is 3.00. The highest BCUT2D eigenvalue weighted by Gasteiger charge is 2.12. The van der Waals surface area contributed by atoms with Crippen molar-refractivity contribution in [2.75, 3.05) is 5.73 Å². The molecule has 3 aromatic rings. The van der Waals surface area contributed by atoms with Crippen LogP contribution in [0, 0.1) is 0 Å². The summed E-state index contributed by atoms with van der Waals surface area (Å²) in [6.45, 7) is 0. The number of thiophene rings is 1. The standard InChI is InChI=1S/C11H7BrN2OS/c12-8-5-16-10-7(6-1-2-15-4-6)3-14-11(13)9(8)10/h1-5H,(H2,13,14). The lowest BCUT2D eigenvalue weighted by molar-refractivity contribution is 0.568. The third kappa shape index (κ3) is 1.36. The molecule has 0 fully saturated rings. The van der Waals surface area contributed by atoms with Gasteiger partial charge < -0.3 is 10.2 Å². The second-order valence-electron chi connectivity index (χ2n) is 3.36. The van der Waals surface area contributed by atoms with Crippen LogP contribution >= 0.6 is 27.3 Å². The molecule has 0 aromatic carbocycles. The van der Waals surface area contributed by atoms with Gasteiger partial charge in [0.2, 0.25) is 0 Å². The molecule has 0 radical (unpaired) electrons. The van der Waals surface area contributed by atoms with E-state index >= 15 is 0 Å². The second kappa shape index (κ2) is 3.61. The smallest absolute Gasteiger partial charge is 0.133 e. The van der Waals surface area contributed by atoms with Gasteiger partial charge in [-0.3, -0.25) is 0 Å². The Balaban J connectivity index is 2.39. The van der Waals surface area contributed by atoms with Crippen molar-refractivity contribution < 1.29 is 4.42 Å². The molecule has 0 saturated carbocycles. The molecule has 3 heterocycles. The number of rotatable bonds is 1. The minimum absolute atomic E-state index is 0.551. The van der Waals surface area contributed by atoms with E-state index in [9.17, 15) is 0 Å². The van der Waals surface area contributed by atoms with Gasteiger partial charge >= 0.3 is 0 Å². The summed E-state index contributed by atoms with van der Waals surface area (Å²) in [5.41, 5.74) is 7.94. The first-order valence-electron chi connectivity index (χ1n) is 4.61. The van der Waals surface area contributed by atoms with E-state index in [1.807, 2.05) is 11.4 Å². The molecule has 80 valence electrons. The van der Waals surface area contributed by atoms with Gasteiger partial charge in [-0.05, 0) is 22.0 Å². The van der Waals surface area contributed by atoms with Crippen LogP contribution in [-0.2, 0) is 0 Å². The van der Waals surface area contributed by atoms with Gasteiger partial charge in [0.25, 0.3) is 0 Å². The Kier molecular flexibility index (Phi) is 2.22. The van der Waals surface area contributed by atoms with Crippen molar-refractivity contribution in [2.45, 2.75) is 0 Å². The van der Waals surface area contributed by atoms with E-state index in [4.69, 9.17) is 10.2 Å². The number of aromatic nitrogens is 1. The minimum atomic E-state index is 0.551. The van der Waals surface area contributed by atoms with E-state index in [1.165, 1.54) is 0 Å². The molecule has 0 aliphatic rings. The maximum atomic E-state index is 5.87. The summed E-state index contributed by atoms with van der Waals surface area (Å²) in [6.07, 6.45) is 5.14. The molecule has 3 rings (SSSR count). The molecule has 0 spiro atoms. The number of furan rings is 1. The molecular weight excluding hydrogens is 288 g/mol. The molecule has 2 N–H and O–H groups in total. The van der Waals surface area contributed by atoms with Crippen LogP contribution in [0.5, 0.6) is 0 Å². The average molecular weight is 295 g/mol. The molecular formula is C11H7BrN2OS. The number of fused-ring (bicyclic) bond motifs is 1. The van der Waals surface area contributed by atoms with Gasteiger partial charge in [0.1, 0.15) is 5.82 Å². The predicted octanol–water partition coefficient (Wildman–Crippen LogP) is 3.90. The van der Waals surface area contributed by atoms with Crippen molar-refractivity contribution in [3.05, 3.63) is 34.6 Å². The normalized spacial score (nSPS) is 11.1. The van der Waals surface area contributed by atoms with Gasteiger partial charge in [0.15, 0.2) is 0 Å². The van der Waals surface area contributed by atoms with Crippen molar-refractivity contribution in [3.63, 3.8) is 0 Å². The highest BCUT2D eigenvalue weighted by molar-refractivity contribution is 9.10. The molecule has 0 atom stereocenters. The Morgan fingerprint density at radius 2 is 2.31 bits per heavy atom. The molecule has 0 unspecified atom stereocenters. The first kappa shape index (κ1) is 9.86. The van der Waals surface area contributed by atoms with Crippen LogP contribution < -0.4 is 5.73 Å². The summed E-state index contributed by atoms with van der Waals surface area (Å²) >= 11 is 5.13. The Hall–Kier alpha value is -1.33. The van der Waals surface area contributed by atoms with Gasteiger partial charge in [0.05, 0.1) is 12.5 Å². The van der Waals surface area contributed by atoms with Crippen molar-refractivity contribution >= 4 is 43.2 Å². The summed E-state index contributed by atoms with van der Waals surface area (Å²) < 4.78 is 7.20. The highest BCUT2D eigenvalue weighted by atomic mass is 79.9. The SMILES string of the molecule is Nc1ncc(-c2ccoc2)c2scc(Br)c12. The predicted molar refractivity (Wildman–Crippen MR) is 69.4 cm³/mol. The number of hydrogen-bond donors (Lipinski definition) is 1. The molecule has 0 amide bonds. The van der Waals surface area contributed by atoms with Crippen LogP contribution in [0.4, 0.5) is 5.82 Å². The van der Waals surface area contributed by atoms with Gasteiger partial charge in [-0.1, -0.05) is 0 Å². The fourth-order valence-electron chi connectivity index (χ4n) is 1.65. The van der Waals surface area contributed by atoms with Crippen molar-refractivity contribution in [1.82, 2.24) is 4.98 Å². The lowest BCUT2D eigenvalue weighted by atomic mass is 10.1. The van der Waals surface area contributed by atoms with Gasteiger partial charge in [0, 0.05) is 37.3 Å². The monoisotopic (exact) mass is 294 g/mol. The Morgan fingerprint density at radius 3 is 3.06 bits per heavy atom. The van der Waals surface area contributed by atoms with Gasteiger partial charge in [-0.25, -0.2) is 4.98 Å². The van der Waals surface area contributed by atoms with Crippen LogP contribution in [0.3, 0.4) is 0 Å². The number of nitrogens with two attached hydrogens (primary N) is 1. The van der Waals surface area contributed by atoms with E-state index in [-0.39, 0.29) is 0 Å². The number of anilines is 1. The van der Waals surface area contributed by atoms with E-state index in [0.717, 1.165) is 25.7 Å². The minimum Gasteiger partial charge on any atom is -0.472 e.